The van der Waals surface area contributed by atoms with Gasteiger partial charge in [-0.25, -0.2) is 9.97 Å². The molecular weight excluding hydrogens is 288 g/mol. The number of fused-ring (bicyclic) bond motifs is 2. The summed E-state index contributed by atoms with van der Waals surface area (Å²) in [6.45, 7) is 3.16. The van der Waals surface area contributed by atoms with Crippen molar-refractivity contribution in [1.29, 1.82) is 0 Å². The fourth-order valence-electron chi connectivity index (χ4n) is 2.99. The number of nitrogens with one attached hydrogen (secondary N) is 1. The second-order valence-corrected chi connectivity index (χ2v) is 5.62. The Hall–Kier alpha value is -2.82. The van der Waals surface area contributed by atoms with Crippen LogP contribution in [0.2, 0.25) is 0 Å². The zero-order valence-corrected chi connectivity index (χ0v) is 13.2. The van der Waals surface area contributed by atoms with Gasteiger partial charge in [-0.05, 0) is 30.2 Å². The largest absolute Gasteiger partial charge is 0.495 e. The topological polar surface area (TPSA) is 55.7 Å². The molecule has 3 aromatic heterocycles. The lowest BCUT2D eigenvalue weighted by Crippen LogP contribution is -1.93. The first-order valence-electron chi connectivity index (χ1n) is 7.76. The molecule has 3 heterocycles. The molecule has 0 bridgehead atoms. The van der Waals surface area contributed by atoms with Crippen molar-refractivity contribution in [3.8, 4) is 16.9 Å². The molecule has 5 nitrogen and oxygen atoms in total. The lowest BCUT2D eigenvalue weighted by atomic mass is 10.1. The number of nitrogens with zero attached hydrogens (tertiary/aromatic N) is 3. The van der Waals surface area contributed by atoms with Crippen LogP contribution in [-0.4, -0.2) is 26.6 Å². The van der Waals surface area contributed by atoms with Crippen molar-refractivity contribution in [2.75, 3.05) is 7.11 Å². The zero-order chi connectivity index (χ0) is 15.8. The van der Waals surface area contributed by atoms with E-state index in [0.29, 0.717) is 0 Å². The number of imidazole rings is 1. The van der Waals surface area contributed by atoms with Gasteiger partial charge in [0.25, 0.3) is 0 Å². The summed E-state index contributed by atoms with van der Waals surface area (Å²) >= 11 is 0. The molecule has 0 unspecified atom stereocenters. The van der Waals surface area contributed by atoms with E-state index in [1.54, 1.807) is 13.3 Å². The van der Waals surface area contributed by atoms with E-state index in [-0.39, 0.29) is 0 Å². The quantitative estimate of drug-likeness (QED) is 0.620. The molecule has 0 radical (unpaired) electrons. The normalized spacial score (nSPS) is 11.4. The molecule has 0 aliphatic carbocycles. The van der Waals surface area contributed by atoms with Crippen molar-refractivity contribution in [2.45, 2.75) is 19.9 Å². The number of aromatic nitrogens is 4. The van der Waals surface area contributed by atoms with Crippen molar-refractivity contribution in [2.24, 2.45) is 0 Å². The zero-order valence-electron chi connectivity index (χ0n) is 13.2. The van der Waals surface area contributed by atoms with E-state index in [1.807, 2.05) is 18.6 Å². The van der Waals surface area contributed by atoms with Crippen LogP contribution in [-0.2, 0) is 6.54 Å². The smallest absolute Gasteiger partial charge is 0.138 e. The van der Waals surface area contributed by atoms with E-state index >= 15 is 0 Å². The van der Waals surface area contributed by atoms with Crippen molar-refractivity contribution >= 4 is 22.1 Å². The summed E-state index contributed by atoms with van der Waals surface area (Å²) in [7, 11) is 1.65. The SMILES string of the molecule is CCCn1cnc2cc(-c3c[nH]c4ncc(OC)cc34)ccc21. The third kappa shape index (κ3) is 2.25. The molecule has 0 spiro atoms. The first-order valence-corrected chi connectivity index (χ1v) is 7.76. The van der Waals surface area contributed by atoms with Gasteiger partial charge in [0.05, 0.1) is 30.7 Å². The molecule has 0 amide bonds. The first kappa shape index (κ1) is 13.8. The van der Waals surface area contributed by atoms with Crippen LogP contribution in [0, 0.1) is 0 Å². The third-order valence-corrected chi connectivity index (χ3v) is 4.14. The van der Waals surface area contributed by atoms with Gasteiger partial charge in [-0.15, -0.1) is 0 Å². The average Bonchev–Trinajstić information content (AvgIpc) is 3.18. The van der Waals surface area contributed by atoms with Crippen molar-refractivity contribution < 1.29 is 4.74 Å². The standard InChI is InChI=1S/C18H18N4O/c1-3-6-22-11-21-16-7-12(4-5-17(16)22)15-10-20-18-14(15)8-13(23-2)9-19-18/h4-5,7-11H,3,6H2,1-2H3,(H,19,20). The van der Waals surface area contributed by atoms with Crippen molar-refractivity contribution in [3.05, 3.63) is 43.0 Å². The molecule has 5 heteroatoms. The molecule has 0 aliphatic rings. The Morgan fingerprint density at radius 3 is 2.96 bits per heavy atom. The van der Waals surface area contributed by atoms with Crippen LogP contribution in [0.5, 0.6) is 5.75 Å². The number of methoxy groups -OCH3 is 1. The second kappa shape index (κ2) is 5.43. The molecule has 4 rings (SSSR count). The predicted molar refractivity (Wildman–Crippen MR) is 91.7 cm³/mol. The summed E-state index contributed by atoms with van der Waals surface area (Å²) in [5.74, 6) is 0.756. The van der Waals surface area contributed by atoms with E-state index < -0.39 is 0 Å². The Labute approximate surface area is 133 Å². The molecule has 23 heavy (non-hydrogen) atoms. The first-order chi connectivity index (χ1) is 11.3. The third-order valence-electron chi connectivity index (χ3n) is 4.14. The summed E-state index contributed by atoms with van der Waals surface area (Å²) < 4.78 is 7.48. The number of ether oxygens (including phenoxy) is 1. The Kier molecular flexibility index (Phi) is 3.26. The maximum Gasteiger partial charge on any atom is 0.138 e. The minimum absolute atomic E-state index is 0.756. The van der Waals surface area contributed by atoms with Gasteiger partial charge in [-0.2, -0.15) is 0 Å². The number of H-pyrrole nitrogens is 1. The van der Waals surface area contributed by atoms with Gasteiger partial charge < -0.3 is 14.3 Å². The fraction of sp³-hybridized carbons (Fsp3) is 0.222. The molecule has 1 aromatic carbocycles. The molecule has 1 N–H and O–H groups in total. The van der Waals surface area contributed by atoms with E-state index in [0.717, 1.165) is 46.4 Å². The van der Waals surface area contributed by atoms with Gasteiger partial charge in [0.1, 0.15) is 11.4 Å². The summed E-state index contributed by atoms with van der Waals surface area (Å²) in [6.07, 6.45) is 6.72. The Morgan fingerprint density at radius 2 is 2.13 bits per heavy atom. The number of rotatable bonds is 4. The highest BCUT2D eigenvalue weighted by Gasteiger charge is 2.10. The molecule has 0 atom stereocenters. The monoisotopic (exact) mass is 306 g/mol. The number of aryl methyl sites for hydroxylation is 1. The van der Waals surface area contributed by atoms with Gasteiger partial charge in [-0.1, -0.05) is 13.0 Å². The van der Waals surface area contributed by atoms with Crippen LogP contribution >= 0.6 is 0 Å². The van der Waals surface area contributed by atoms with E-state index in [2.05, 4.69) is 44.6 Å². The molecule has 0 saturated heterocycles. The highest BCUT2D eigenvalue weighted by atomic mass is 16.5. The lowest BCUT2D eigenvalue weighted by molar-refractivity contribution is 0.414. The van der Waals surface area contributed by atoms with Crippen LogP contribution in [0.25, 0.3) is 33.2 Å². The highest BCUT2D eigenvalue weighted by Crippen LogP contribution is 2.31. The van der Waals surface area contributed by atoms with Gasteiger partial charge in [0, 0.05) is 23.7 Å². The summed E-state index contributed by atoms with van der Waals surface area (Å²) in [4.78, 5) is 12.1. The number of hydrogen-bond donors (Lipinski definition) is 1. The second-order valence-electron chi connectivity index (χ2n) is 5.62. The van der Waals surface area contributed by atoms with Crippen molar-refractivity contribution in [3.63, 3.8) is 0 Å². The average molecular weight is 306 g/mol. The summed E-state index contributed by atoms with van der Waals surface area (Å²) in [5, 5.41) is 1.05. The maximum absolute atomic E-state index is 5.29. The van der Waals surface area contributed by atoms with Gasteiger partial charge in [0.2, 0.25) is 0 Å². The Balaban J connectivity index is 1.85. The van der Waals surface area contributed by atoms with Crippen molar-refractivity contribution in [1.82, 2.24) is 19.5 Å². The van der Waals surface area contributed by atoms with Crippen LogP contribution in [0.4, 0.5) is 0 Å². The number of aromatic amines is 1. The molecule has 4 aromatic rings. The number of pyridine rings is 1. The number of hydrogen-bond acceptors (Lipinski definition) is 3. The van der Waals surface area contributed by atoms with E-state index in [1.165, 1.54) is 5.52 Å². The minimum atomic E-state index is 0.756. The summed E-state index contributed by atoms with van der Waals surface area (Å²) in [5.41, 5.74) is 5.28. The Bertz CT molecular complexity index is 983. The van der Waals surface area contributed by atoms with Gasteiger partial charge >= 0.3 is 0 Å². The molecule has 0 saturated carbocycles. The van der Waals surface area contributed by atoms with Crippen LogP contribution in [0.1, 0.15) is 13.3 Å². The molecular formula is C18H18N4O. The van der Waals surface area contributed by atoms with E-state index in [9.17, 15) is 0 Å². The van der Waals surface area contributed by atoms with Gasteiger partial charge in [0.15, 0.2) is 0 Å². The molecule has 116 valence electrons. The fourth-order valence-corrected chi connectivity index (χ4v) is 2.99. The van der Waals surface area contributed by atoms with Gasteiger partial charge in [-0.3, -0.25) is 0 Å². The lowest BCUT2D eigenvalue weighted by Gasteiger charge is -2.04. The van der Waals surface area contributed by atoms with Crippen LogP contribution in [0.15, 0.2) is 43.0 Å². The highest BCUT2D eigenvalue weighted by molar-refractivity contribution is 5.96. The maximum atomic E-state index is 5.29. The predicted octanol–water partition coefficient (Wildman–Crippen LogP) is 4.00. The van der Waals surface area contributed by atoms with E-state index in [4.69, 9.17) is 4.74 Å². The summed E-state index contributed by atoms with van der Waals surface area (Å²) in [6, 6.07) is 8.41. The molecule has 0 fully saturated rings. The Morgan fingerprint density at radius 1 is 1.22 bits per heavy atom. The minimum Gasteiger partial charge on any atom is -0.495 e. The van der Waals surface area contributed by atoms with Crippen LogP contribution in [0.3, 0.4) is 0 Å². The van der Waals surface area contributed by atoms with Crippen LogP contribution < -0.4 is 4.74 Å². The molecule has 0 aliphatic heterocycles. The number of benzene rings is 1.